The van der Waals surface area contributed by atoms with Crippen molar-refractivity contribution in [2.24, 2.45) is 5.41 Å². The summed E-state index contributed by atoms with van der Waals surface area (Å²) in [6, 6.07) is 5.98. The summed E-state index contributed by atoms with van der Waals surface area (Å²) >= 11 is 0. The minimum absolute atomic E-state index is 0.216. The maximum atomic E-state index is 13.0. The summed E-state index contributed by atoms with van der Waals surface area (Å²) in [5.74, 6) is -1.20. The van der Waals surface area contributed by atoms with E-state index in [1.807, 2.05) is 13.8 Å². The number of halogens is 1. The van der Waals surface area contributed by atoms with Crippen molar-refractivity contribution in [1.29, 1.82) is 0 Å². The first kappa shape index (κ1) is 13.7. The molecule has 4 heteroatoms. The van der Waals surface area contributed by atoms with Gasteiger partial charge < -0.3 is 0 Å². The highest BCUT2D eigenvalue weighted by Gasteiger charge is 2.46. The number of piperidine rings is 1. The molecular weight excluding hydrogens is 245 g/mol. The second-order valence-corrected chi connectivity index (χ2v) is 5.14. The normalized spacial score (nSPS) is 22.2. The Hall–Kier alpha value is -1.71. The summed E-state index contributed by atoms with van der Waals surface area (Å²) in [5, 5.41) is 2.39. The monoisotopic (exact) mass is 263 g/mol. The van der Waals surface area contributed by atoms with E-state index in [0.717, 1.165) is 18.4 Å². The Morgan fingerprint density at radius 2 is 1.79 bits per heavy atom. The minimum Gasteiger partial charge on any atom is -0.296 e. The molecule has 1 aromatic carbocycles. The van der Waals surface area contributed by atoms with Crippen molar-refractivity contribution in [1.82, 2.24) is 5.32 Å². The number of amides is 2. The zero-order valence-corrected chi connectivity index (χ0v) is 11.2. The van der Waals surface area contributed by atoms with E-state index in [9.17, 15) is 14.0 Å². The van der Waals surface area contributed by atoms with Crippen LogP contribution in [0, 0.1) is 11.2 Å². The number of rotatable bonds is 3. The lowest BCUT2D eigenvalue weighted by molar-refractivity contribution is -0.140. The molecule has 2 amide bonds. The van der Waals surface area contributed by atoms with E-state index in [-0.39, 0.29) is 29.0 Å². The average molecular weight is 263 g/mol. The van der Waals surface area contributed by atoms with Gasteiger partial charge >= 0.3 is 0 Å². The molecule has 0 aromatic heterocycles. The third kappa shape index (κ3) is 2.39. The Morgan fingerprint density at radius 3 is 2.32 bits per heavy atom. The lowest BCUT2D eigenvalue weighted by Crippen LogP contribution is -2.50. The third-order valence-corrected chi connectivity index (χ3v) is 4.26. The second kappa shape index (κ2) is 5.11. The van der Waals surface area contributed by atoms with E-state index in [4.69, 9.17) is 0 Å². The number of nitrogens with one attached hydrogen (secondary N) is 1. The van der Waals surface area contributed by atoms with Gasteiger partial charge in [-0.2, -0.15) is 0 Å². The second-order valence-electron chi connectivity index (χ2n) is 5.14. The molecule has 2 rings (SSSR count). The molecular formula is C15H18FNO2. The third-order valence-electron chi connectivity index (χ3n) is 4.26. The molecule has 1 fully saturated rings. The van der Waals surface area contributed by atoms with Gasteiger partial charge in [0, 0.05) is 6.42 Å². The molecule has 19 heavy (non-hydrogen) atoms. The van der Waals surface area contributed by atoms with Crippen LogP contribution in [0.5, 0.6) is 0 Å². The first-order valence-corrected chi connectivity index (χ1v) is 6.61. The fraction of sp³-hybridized carbons (Fsp3) is 0.467. The van der Waals surface area contributed by atoms with Gasteiger partial charge in [-0.3, -0.25) is 14.9 Å². The van der Waals surface area contributed by atoms with E-state index in [1.54, 1.807) is 12.1 Å². The van der Waals surface area contributed by atoms with Gasteiger partial charge in [0.2, 0.25) is 11.8 Å². The van der Waals surface area contributed by atoms with E-state index in [0.29, 0.717) is 6.42 Å². The van der Waals surface area contributed by atoms with Crippen LogP contribution in [-0.2, 0) is 9.59 Å². The number of benzene rings is 1. The highest BCUT2D eigenvalue weighted by Crippen LogP contribution is 2.46. The first-order chi connectivity index (χ1) is 9.02. The molecule has 0 bridgehead atoms. The van der Waals surface area contributed by atoms with E-state index >= 15 is 0 Å². The maximum absolute atomic E-state index is 13.0. The highest BCUT2D eigenvalue weighted by molar-refractivity contribution is 6.02. The van der Waals surface area contributed by atoms with E-state index < -0.39 is 0 Å². The van der Waals surface area contributed by atoms with Crippen LogP contribution in [0.4, 0.5) is 4.39 Å². The molecule has 1 aliphatic heterocycles. The summed E-state index contributed by atoms with van der Waals surface area (Å²) < 4.78 is 13.0. The van der Waals surface area contributed by atoms with Gasteiger partial charge in [0.15, 0.2) is 0 Å². The maximum Gasteiger partial charge on any atom is 0.234 e. The number of carbonyl (C=O) groups is 2. The van der Waals surface area contributed by atoms with Crippen LogP contribution in [0.15, 0.2) is 24.3 Å². The van der Waals surface area contributed by atoms with Crippen LogP contribution >= 0.6 is 0 Å². The number of imide groups is 1. The molecule has 1 aromatic rings. The molecule has 1 aliphatic rings. The summed E-state index contributed by atoms with van der Waals surface area (Å²) in [5.41, 5.74) is 0.409. The molecule has 0 saturated carbocycles. The predicted octanol–water partition coefficient (Wildman–Crippen LogP) is 2.76. The van der Waals surface area contributed by atoms with Crippen molar-refractivity contribution < 1.29 is 14.0 Å². The fourth-order valence-electron chi connectivity index (χ4n) is 3.02. The van der Waals surface area contributed by atoms with E-state index in [2.05, 4.69) is 5.32 Å². The quantitative estimate of drug-likeness (QED) is 0.852. The summed E-state index contributed by atoms with van der Waals surface area (Å²) in [4.78, 5) is 23.8. The van der Waals surface area contributed by atoms with Crippen molar-refractivity contribution >= 4 is 11.8 Å². The predicted molar refractivity (Wildman–Crippen MR) is 69.9 cm³/mol. The zero-order valence-electron chi connectivity index (χ0n) is 11.2. The fourth-order valence-corrected chi connectivity index (χ4v) is 3.02. The van der Waals surface area contributed by atoms with Gasteiger partial charge in [-0.25, -0.2) is 4.39 Å². The summed E-state index contributed by atoms with van der Waals surface area (Å²) in [6.07, 6.45) is 1.82. The zero-order chi connectivity index (χ0) is 14.0. The number of hydrogen-bond acceptors (Lipinski definition) is 2. The van der Waals surface area contributed by atoms with Gasteiger partial charge in [-0.1, -0.05) is 26.0 Å². The van der Waals surface area contributed by atoms with Crippen LogP contribution in [0.1, 0.15) is 44.6 Å². The molecule has 0 radical (unpaired) electrons. The SMILES string of the molecule is CCC1(CC)CC(=O)NC(=O)C1c1ccc(F)cc1. The van der Waals surface area contributed by atoms with Crippen molar-refractivity contribution in [3.8, 4) is 0 Å². The number of hydrogen-bond donors (Lipinski definition) is 1. The molecule has 1 unspecified atom stereocenters. The lowest BCUT2D eigenvalue weighted by Gasteiger charge is -2.41. The van der Waals surface area contributed by atoms with Crippen LogP contribution in [-0.4, -0.2) is 11.8 Å². The van der Waals surface area contributed by atoms with Crippen molar-refractivity contribution in [3.63, 3.8) is 0 Å². The van der Waals surface area contributed by atoms with Gasteiger partial charge in [-0.05, 0) is 36.0 Å². The molecule has 1 atom stereocenters. The van der Waals surface area contributed by atoms with Crippen molar-refractivity contribution in [2.45, 2.75) is 39.0 Å². The summed E-state index contributed by atoms with van der Waals surface area (Å²) in [6.45, 7) is 3.98. The van der Waals surface area contributed by atoms with Crippen LogP contribution in [0.3, 0.4) is 0 Å². The molecule has 1 saturated heterocycles. The van der Waals surface area contributed by atoms with Gasteiger partial charge in [-0.15, -0.1) is 0 Å². The smallest absolute Gasteiger partial charge is 0.234 e. The van der Waals surface area contributed by atoms with Crippen molar-refractivity contribution in [2.75, 3.05) is 0 Å². The van der Waals surface area contributed by atoms with Crippen LogP contribution in [0.2, 0.25) is 0 Å². The average Bonchev–Trinajstić information content (AvgIpc) is 2.39. The number of carbonyl (C=O) groups excluding carboxylic acids is 2. The van der Waals surface area contributed by atoms with Crippen LogP contribution < -0.4 is 5.32 Å². The van der Waals surface area contributed by atoms with Gasteiger partial charge in [0.05, 0.1) is 5.92 Å². The minimum atomic E-state index is -0.388. The molecule has 3 nitrogen and oxygen atoms in total. The first-order valence-electron chi connectivity index (χ1n) is 6.61. The molecule has 1 heterocycles. The summed E-state index contributed by atoms with van der Waals surface area (Å²) in [7, 11) is 0. The van der Waals surface area contributed by atoms with Crippen molar-refractivity contribution in [3.05, 3.63) is 35.6 Å². The van der Waals surface area contributed by atoms with Gasteiger partial charge in [0.1, 0.15) is 5.82 Å². The topological polar surface area (TPSA) is 46.2 Å². The molecule has 0 aliphatic carbocycles. The highest BCUT2D eigenvalue weighted by atomic mass is 19.1. The molecule has 102 valence electrons. The Morgan fingerprint density at radius 1 is 1.21 bits per heavy atom. The Bertz CT molecular complexity index is 491. The van der Waals surface area contributed by atoms with Crippen LogP contribution in [0.25, 0.3) is 0 Å². The van der Waals surface area contributed by atoms with E-state index in [1.165, 1.54) is 12.1 Å². The Labute approximate surface area is 112 Å². The van der Waals surface area contributed by atoms with Gasteiger partial charge in [0.25, 0.3) is 0 Å². The largest absolute Gasteiger partial charge is 0.296 e. The Kier molecular flexibility index (Phi) is 3.69. The Balaban J connectivity index is 2.46. The molecule has 0 spiro atoms. The standard InChI is InChI=1S/C15H18FNO2/c1-3-15(4-2)9-12(18)17-14(19)13(15)10-5-7-11(16)8-6-10/h5-8,13H,3-4,9H2,1-2H3,(H,17,18,19). The lowest BCUT2D eigenvalue weighted by atomic mass is 9.64. The molecule has 1 N–H and O–H groups in total.